The number of hydrogen-bond acceptors (Lipinski definition) is 1. The van der Waals surface area contributed by atoms with Gasteiger partial charge in [-0.3, -0.25) is 0 Å². The molecule has 0 bridgehead atoms. The van der Waals surface area contributed by atoms with E-state index in [0.717, 1.165) is 28.2 Å². The average Bonchev–Trinajstić information content (AvgIpc) is 3.36. The van der Waals surface area contributed by atoms with Gasteiger partial charge in [-0.25, -0.2) is 0 Å². The summed E-state index contributed by atoms with van der Waals surface area (Å²) in [6.07, 6.45) is 0. The lowest BCUT2D eigenvalue weighted by molar-refractivity contribution is 1.30. The molecule has 12 rings (SSSR count). The zero-order valence-corrected chi connectivity index (χ0v) is 34.6. The van der Waals surface area contributed by atoms with Crippen LogP contribution >= 0.6 is 0 Å². The number of hydrogen-bond donors (Lipinski definition) is 0. The van der Waals surface area contributed by atoms with E-state index in [1.165, 1.54) is 87.2 Å². The number of anilines is 3. The minimum atomic E-state index is 1.08. The number of benzene rings is 12. The van der Waals surface area contributed by atoms with E-state index in [9.17, 15) is 0 Å². The Kier molecular flexibility index (Phi) is 8.90. The highest BCUT2D eigenvalue weighted by atomic mass is 15.1. The standard InChI is InChI=1S/C62H41N/c1-3-16-43(17-4-1)59-41-62(60(44-18-5-2-6-19-44)40-58(59)49-34-37-53-48(38-49)31-30-45-21-7-10-24-51(45)53)63(61-29-15-23-42-20-8-12-26-54(42)61)50-35-32-46(33-36-50)57-39-47-22-9-11-25-52(47)55-27-13-14-28-56(55)57/h1-41H. The first-order valence-electron chi connectivity index (χ1n) is 21.7. The minimum Gasteiger partial charge on any atom is -0.309 e. The van der Waals surface area contributed by atoms with Crippen molar-refractivity contribution >= 4 is 70.9 Å². The van der Waals surface area contributed by atoms with Gasteiger partial charge < -0.3 is 4.90 Å². The minimum absolute atomic E-state index is 1.08. The van der Waals surface area contributed by atoms with Crippen molar-refractivity contribution in [2.45, 2.75) is 0 Å². The van der Waals surface area contributed by atoms with E-state index < -0.39 is 0 Å². The Balaban J connectivity index is 1.11. The summed E-state index contributed by atoms with van der Waals surface area (Å²) in [6.45, 7) is 0. The average molecular weight is 800 g/mol. The SMILES string of the molecule is c1ccc(-c2cc(N(c3ccc(-c4cc5ccccc5c5ccccc45)cc3)c3cccc4ccccc34)c(-c3ccccc3)cc2-c2ccc3c(ccc4ccccc43)c2)cc1. The number of fused-ring (bicyclic) bond motifs is 7. The van der Waals surface area contributed by atoms with Crippen LogP contribution in [0.1, 0.15) is 0 Å². The fourth-order valence-corrected chi connectivity index (χ4v) is 9.79. The lowest BCUT2D eigenvalue weighted by Crippen LogP contribution is -2.12. The Morgan fingerprint density at radius 2 is 0.683 bits per heavy atom. The summed E-state index contributed by atoms with van der Waals surface area (Å²) in [5.41, 5.74) is 12.8. The lowest BCUT2D eigenvalue weighted by Gasteiger charge is -2.31. The van der Waals surface area contributed by atoms with Gasteiger partial charge >= 0.3 is 0 Å². The van der Waals surface area contributed by atoms with Crippen molar-refractivity contribution < 1.29 is 0 Å². The smallest absolute Gasteiger partial charge is 0.0546 e. The van der Waals surface area contributed by atoms with Crippen molar-refractivity contribution in [1.82, 2.24) is 0 Å². The Hall–Kier alpha value is -8.26. The van der Waals surface area contributed by atoms with E-state index in [0.29, 0.717) is 0 Å². The van der Waals surface area contributed by atoms with Crippen LogP contribution in [0.4, 0.5) is 17.1 Å². The van der Waals surface area contributed by atoms with E-state index in [1.54, 1.807) is 0 Å². The monoisotopic (exact) mass is 799 g/mol. The van der Waals surface area contributed by atoms with Gasteiger partial charge in [-0.05, 0) is 130 Å². The van der Waals surface area contributed by atoms with Crippen LogP contribution in [0.2, 0.25) is 0 Å². The molecule has 0 saturated heterocycles. The van der Waals surface area contributed by atoms with Crippen LogP contribution in [-0.4, -0.2) is 0 Å². The van der Waals surface area contributed by atoms with E-state index >= 15 is 0 Å². The molecule has 63 heavy (non-hydrogen) atoms. The van der Waals surface area contributed by atoms with E-state index in [-0.39, 0.29) is 0 Å². The van der Waals surface area contributed by atoms with Crippen LogP contribution in [0.5, 0.6) is 0 Å². The van der Waals surface area contributed by atoms with Crippen molar-refractivity contribution in [3.05, 3.63) is 249 Å². The molecular formula is C62H41N. The summed E-state index contributed by atoms with van der Waals surface area (Å²) < 4.78 is 0. The van der Waals surface area contributed by atoms with Gasteiger partial charge in [-0.1, -0.05) is 206 Å². The molecule has 1 nitrogen and oxygen atoms in total. The molecule has 0 amide bonds. The zero-order chi connectivity index (χ0) is 41.7. The molecule has 0 heterocycles. The predicted molar refractivity (Wildman–Crippen MR) is 270 cm³/mol. The van der Waals surface area contributed by atoms with Crippen molar-refractivity contribution in [2.75, 3.05) is 4.90 Å². The van der Waals surface area contributed by atoms with Crippen molar-refractivity contribution in [3.8, 4) is 44.5 Å². The Bertz CT molecular complexity index is 3660. The molecule has 294 valence electrons. The third-order valence-electron chi connectivity index (χ3n) is 12.8. The van der Waals surface area contributed by atoms with Gasteiger partial charge in [0.2, 0.25) is 0 Å². The highest BCUT2D eigenvalue weighted by Gasteiger charge is 2.23. The van der Waals surface area contributed by atoms with Gasteiger partial charge in [-0.2, -0.15) is 0 Å². The molecule has 12 aromatic rings. The summed E-state index contributed by atoms with van der Waals surface area (Å²) in [4.78, 5) is 2.48. The number of nitrogens with zero attached hydrogens (tertiary/aromatic N) is 1. The van der Waals surface area contributed by atoms with Crippen LogP contribution in [0.25, 0.3) is 98.4 Å². The van der Waals surface area contributed by atoms with Gasteiger partial charge in [0.1, 0.15) is 0 Å². The fraction of sp³-hybridized carbons (Fsp3) is 0. The summed E-state index contributed by atoms with van der Waals surface area (Å²) >= 11 is 0. The molecule has 0 N–H and O–H groups in total. The zero-order valence-electron chi connectivity index (χ0n) is 34.6. The van der Waals surface area contributed by atoms with E-state index in [1.807, 2.05) is 0 Å². The molecule has 0 atom stereocenters. The second-order valence-electron chi connectivity index (χ2n) is 16.4. The molecular weight excluding hydrogens is 759 g/mol. The van der Waals surface area contributed by atoms with Crippen LogP contribution < -0.4 is 4.90 Å². The summed E-state index contributed by atoms with van der Waals surface area (Å²) in [7, 11) is 0. The first kappa shape index (κ1) is 36.6. The van der Waals surface area contributed by atoms with Crippen LogP contribution in [0.15, 0.2) is 249 Å². The maximum Gasteiger partial charge on any atom is 0.0546 e. The maximum atomic E-state index is 2.48. The second-order valence-corrected chi connectivity index (χ2v) is 16.4. The topological polar surface area (TPSA) is 3.24 Å². The van der Waals surface area contributed by atoms with E-state index in [2.05, 4.69) is 254 Å². The highest BCUT2D eigenvalue weighted by molar-refractivity contribution is 6.14. The van der Waals surface area contributed by atoms with Crippen molar-refractivity contribution in [1.29, 1.82) is 0 Å². The molecule has 12 aromatic carbocycles. The molecule has 1 heteroatoms. The van der Waals surface area contributed by atoms with Gasteiger partial charge in [0.15, 0.2) is 0 Å². The third kappa shape index (κ3) is 6.42. The highest BCUT2D eigenvalue weighted by Crippen LogP contribution is 2.49. The molecule has 0 unspecified atom stereocenters. The summed E-state index contributed by atoms with van der Waals surface area (Å²) in [5, 5.41) is 12.5. The quantitative estimate of drug-likeness (QED) is 0.145. The van der Waals surface area contributed by atoms with Gasteiger partial charge in [0.25, 0.3) is 0 Å². The van der Waals surface area contributed by atoms with Crippen LogP contribution in [-0.2, 0) is 0 Å². The predicted octanol–water partition coefficient (Wildman–Crippen LogP) is 17.6. The van der Waals surface area contributed by atoms with Gasteiger partial charge in [-0.15, -0.1) is 0 Å². The molecule has 0 spiro atoms. The normalized spacial score (nSPS) is 11.5. The van der Waals surface area contributed by atoms with Gasteiger partial charge in [0.05, 0.1) is 11.4 Å². The molecule has 0 radical (unpaired) electrons. The molecule has 0 aliphatic heterocycles. The molecule has 0 aliphatic rings. The van der Waals surface area contributed by atoms with Gasteiger partial charge in [0, 0.05) is 16.6 Å². The van der Waals surface area contributed by atoms with Crippen molar-refractivity contribution in [3.63, 3.8) is 0 Å². The fourth-order valence-electron chi connectivity index (χ4n) is 9.79. The number of rotatable bonds is 7. The maximum absolute atomic E-state index is 2.48. The summed E-state index contributed by atoms with van der Waals surface area (Å²) in [6, 6.07) is 91.3. The van der Waals surface area contributed by atoms with Crippen LogP contribution in [0.3, 0.4) is 0 Å². The van der Waals surface area contributed by atoms with Crippen molar-refractivity contribution in [2.24, 2.45) is 0 Å². The first-order chi connectivity index (χ1) is 31.2. The van der Waals surface area contributed by atoms with E-state index in [4.69, 9.17) is 0 Å². The van der Waals surface area contributed by atoms with Crippen LogP contribution in [0, 0.1) is 0 Å². The Morgan fingerprint density at radius 3 is 1.41 bits per heavy atom. The second kappa shape index (κ2) is 15.3. The Labute approximate surface area is 367 Å². The molecule has 0 saturated carbocycles. The largest absolute Gasteiger partial charge is 0.309 e. The molecule has 0 fully saturated rings. The summed E-state index contributed by atoms with van der Waals surface area (Å²) in [5.74, 6) is 0. The first-order valence-corrected chi connectivity index (χ1v) is 21.7. The molecule has 0 aliphatic carbocycles. The lowest BCUT2D eigenvalue weighted by atomic mass is 9.88. The molecule has 0 aromatic heterocycles. The Morgan fingerprint density at radius 1 is 0.206 bits per heavy atom. The third-order valence-corrected chi connectivity index (χ3v) is 12.8.